The summed E-state index contributed by atoms with van der Waals surface area (Å²) in [7, 11) is 0. The minimum Gasteiger partial charge on any atom is -0.481 e. The number of carboxylic acids is 1. The van der Waals surface area contributed by atoms with Crippen molar-refractivity contribution in [1.29, 1.82) is 0 Å². The number of benzene rings is 2. The number of carbonyl (C=O) groups is 4. The molecule has 2 aliphatic rings. The molecule has 0 bridgehead atoms. The van der Waals surface area contributed by atoms with Crippen LogP contribution in [0.15, 0.2) is 48.5 Å². The lowest BCUT2D eigenvalue weighted by molar-refractivity contribution is -0.274. The van der Waals surface area contributed by atoms with Gasteiger partial charge in [-0.15, -0.1) is 13.2 Å². The fourth-order valence-corrected chi connectivity index (χ4v) is 5.73. The van der Waals surface area contributed by atoms with Gasteiger partial charge in [0.25, 0.3) is 11.8 Å². The van der Waals surface area contributed by atoms with Crippen molar-refractivity contribution in [2.24, 2.45) is 11.3 Å². The maximum atomic E-state index is 14.0. The van der Waals surface area contributed by atoms with Crippen LogP contribution in [0, 0.1) is 11.3 Å². The van der Waals surface area contributed by atoms with Gasteiger partial charge in [-0.25, -0.2) is 9.69 Å². The van der Waals surface area contributed by atoms with Crippen LogP contribution >= 0.6 is 0 Å². The van der Waals surface area contributed by atoms with Crippen LogP contribution in [-0.4, -0.2) is 52.3 Å². The maximum Gasteiger partial charge on any atom is 0.573 e. The predicted octanol–water partition coefficient (Wildman–Crippen LogP) is 5.73. The highest BCUT2D eigenvalue weighted by atomic mass is 19.4. The summed E-state index contributed by atoms with van der Waals surface area (Å²) in [6, 6.07) is 10.5. The highest BCUT2D eigenvalue weighted by Gasteiger charge is 2.59. The average molecular weight is 590 g/mol. The zero-order valence-corrected chi connectivity index (χ0v) is 23.7. The molecule has 1 heterocycles. The molecule has 1 aliphatic carbocycles. The molecule has 0 radical (unpaired) electrons. The van der Waals surface area contributed by atoms with Crippen LogP contribution in [0.4, 0.5) is 23.7 Å². The van der Waals surface area contributed by atoms with Crippen molar-refractivity contribution in [3.05, 3.63) is 59.7 Å². The molecule has 0 unspecified atom stereocenters. The Labute approximate surface area is 241 Å². The molecule has 1 aliphatic heterocycles. The van der Waals surface area contributed by atoms with E-state index in [0.717, 1.165) is 29.9 Å². The molecule has 12 heteroatoms. The van der Waals surface area contributed by atoms with Crippen molar-refractivity contribution in [1.82, 2.24) is 10.2 Å². The molecule has 2 aromatic rings. The Kier molecular flexibility index (Phi) is 8.56. The number of urea groups is 1. The lowest BCUT2D eigenvalue weighted by Gasteiger charge is -2.44. The fraction of sp³-hybridized carbons (Fsp3) is 0.467. The van der Waals surface area contributed by atoms with Gasteiger partial charge in [-0.05, 0) is 79.0 Å². The van der Waals surface area contributed by atoms with Gasteiger partial charge in [-0.3, -0.25) is 14.4 Å². The normalized spacial score (nSPS) is 21.1. The van der Waals surface area contributed by atoms with Crippen molar-refractivity contribution in [3.63, 3.8) is 0 Å². The summed E-state index contributed by atoms with van der Waals surface area (Å²) in [5, 5.41) is 11.3. The summed E-state index contributed by atoms with van der Waals surface area (Å²) < 4.78 is 41.9. The first-order valence-corrected chi connectivity index (χ1v) is 13.7. The Morgan fingerprint density at radius 1 is 1.00 bits per heavy atom. The molecular weight excluding hydrogens is 555 g/mol. The number of anilines is 1. The summed E-state index contributed by atoms with van der Waals surface area (Å²) in [5.41, 5.74) is 0.0371. The molecule has 4 rings (SSSR count). The largest absolute Gasteiger partial charge is 0.573 e. The standard InChI is InChI=1S/C30H34F3N3O6/c1-28(2,3)21-12-15-29(16-13-21)26(40)36(22-8-10-23(11-9-22)42-30(31,32)33)27(41)35(29)18-19-4-6-20(7-5-19)25(39)34-17-14-24(37)38/h4-11,21H,12-18H2,1-3H3,(H,34,39)(H,37,38)/t21-,29-. The molecule has 2 aromatic carbocycles. The second kappa shape index (κ2) is 11.7. The van der Waals surface area contributed by atoms with Crippen molar-refractivity contribution in [2.45, 2.75) is 71.3 Å². The SMILES string of the molecule is CC(C)(C)[C@H]1CC[C@]2(CC1)C(=O)N(c1ccc(OC(F)(F)F)cc1)C(=O)N2Cc1ccc(C(=O)NCCC(=O)O)cc1. The number of hydrogen-bond donors (Lipinski definition) is 2. The summed E-state index contributed by atoms with van der Waals surface area (Å²) in [6.45, 7) is 6.50. The third kappa shape index (κ3) is 6.69. The molecular formula is C30H34F3N3O6. The van der Waals surface area contributed by atoms with Crippen molar-refractivity contribution in [2.75, 3.05) is 11.4 Å². The van der Waals surface area contributed by atoms with E-state index >= 15 is 0 Å². The number of carboxylic acid groups (broad SMARTS) is 1. The Morgan fingerprint density at radius 3 is 2.12 bits per heavy atom. The van der Waals surface area contributed by atoms with E-state index in [2.05, 4.69) is 30.8 Å². The van der Waals surface area contributed by atoms with E-state index < -0.39 is 41.5 Å². The van der Waals surface area contributed by atoms with E-state index in [9.17, 15) is 32.3 Å². The minimum absolute atomic E-state index is 0.0163. The van der Waals surface area contributed by atoms with E-state index in [1.807, 2.05) is 0 Å². The Balaban J connectivity index is 1.59. The van der Waals surface area contributed by atoms with Crippen LogP contribution in [0.5, 0.6) is 5.75 Å². The molecule has 42 heavy (non-hydrogen) atoms. The number of alkyl halides is 3. The average Bonchev–Trinajstić information content (AvgIpc) is 3.09. The van der Waals surface area contributed by atoms with Gasteiger partial charge in [0.2, 0.25) is 0 Å². The smallest absolute Gasteiger partial charge is 0.481 e. The van der Waals surface area contributed by atoms with Gasteiger partial charge in [0.05, 0.1) is 12.1 Å². The molecule has 9 nitrogen and oxygen atoms in total. The van der Waals surface area contributed by atoms with Crippen LogP contribution in [0.25, 0.3) is 0 Å². The number of rotatable bonds is 8. The van der Waals surface area contributed by atoms with Gasteiger partial charge in [0.1, 0.15) is 11.3 Å². The molecule has 0 aromatic heterocycles. The molecule has 0 atom stereocenters. The third-order valence-corrected chi connectivity index (χ3v) is 8.09. The number of ether oxygens (including phenoxy) is 1. The van der Waals surface area contributed by atoms with E-state index in [-0.39, 0.29) is 30.6 Å². The maximum absolute atomic E-state index is 14.0. The van der Waals surface area contributed by atoms with Crippen molar-refractivity contribution < 1.29 is 42.2 Å². The van der Waals surface area contributed by atoms with Gasteiger partial charge in [-0.2, -0.15) is 0 Å². The molecule has 2 N–H and O–H groups in total. The number of imide groups is 1. The van der Waals surface area contributed by atoms with E-state index in [0.29, 0.717) is 29.9 Å². The Hall–Kier alpha value is -4.09. The number of halogens is 3. The Morgan fingerprint density at radius 2 is 1.60 bits per heavy atom. The molecule has 226 valence electrons. The summed E-state index contributed by atoms with van der Waals surface area (Å²) >= 11 is 0. The molecule has 1 saturated heterocycles. The molecule has 1 spiro atoms. The molecule has 1 saturated carbocycles. The van der Waals surface area contributed by atoms with Gasteiger partial charge in [-0.1, -0.05) is 32.9 Å². The van der Waals surface area contributed by atoms with Gasteiger partial charge in [0, 0.05) is 18.7 Å². The summed E-state index contributed by atoms with van der Waals surface area (Å²) in [6.07, 6.45) is -2.75. The number of carbonyl (C=O) groups excluding carboxylic acids is 3. The third-order valence-electron chi connectivity index (χ3n) is 8.09. The van der Waals surface area contributed by atoms with E-state index in [1.54, 1.807) is 24.3 Å². The fourth-order valence-electron chi connectivity index (χ4n) is 5.73. The van der Waals surface area contributed by atoms with Crippen LogP contribution < -0.4 is 15.0 Å². The van der Waals surface area contributed by atoms with Crippen LogP contribution in [0.1, 0.15) is 68.8 Å². The zero-order chi connectivity index (χ0) is 30.9. The number of amides is 4. The highest BCUT2D eigenvalue weighted by Crippen LogP contribution is 2.48. The predicted molar refractivity (Wildman–Crippen MR) is 147 cm³/mol. The first-order valence-electron chi connectivity index (χ1n) is 13.7. The van der Waals surface area contributed by atoms with Crippen LogP contribution in [0.3, 0.4) is 0 Å². The number of nitrogens with zero attached hydrogens (tertiary/aromatic N) is 2. The Bertz CT molecular complexity index is 1330. The number of hydrogen-bond acceptors (Lipinski definition) is 5. The summed E-state index contributed by atoms with van der Waals surface area (Å²) in [4.78, 5) is 53.5. The lowest BCUT2D eigenvalue weighted by Crippen LogP contribution is -2.52. The second-order valence-corrected chi connectivity index (χ2v) is 11.8. The topological polar surface area (TPSA) is 116 Å². The summed E-state index contributed by atoms with van der Waals surface area (Å²) in [5.74, 6) is -2.00. The first-order chi connectivity index (χ1) is 19.6. The number of nitrogens with one attached hydrogen (secondary N) is 1. The van der Waals surface area contributed by atoms with E-state index in [1.165, 1.54) is 17.0 Å². The van der Waals surface area contributed by atoms with Crippen molar-refractivity contribution >= 4 is 29.5 Å². The molecule has 2 fully saturated rings. The van der Waals surface area contributed by atoms with Crippen LogP contribution in [-0.2, 0) is 16.1 Å². The first kappa shape index (κ1) is 30.9. The second-order valence-electron chi connectivity index (χ2n) is 11.8. The van der Waals surface area contributed by atoms with Crippen LogP contribution in [0.2, 0.25) is 0 Å². The molecule has 4 amide bonds. The zero-order valence-electron chi connectivity index (χ0n) is 23.7. The quantitative estimate of drug-likeness (QED) is 0.380. The van der Waals surface area contributed by atoms with Gasteiger partial charge in [0.15, 0.2) is 0 Å². The highest BCUT2D eigenvalue weighted by molar-refractivity contribution is 6.23. The van der Waals surface area contributed by atoms with Gasteiger partial charge < -0.3 is 20.1 Å². The minimum atomic E-state index is -4.87. The van der Waals surface area contributed by atoms with Crippen molar-refractivity contribution in [3.8, 4) is 5.75 Å². The number of aliphatic carboxylic acids is 1. The van der Waals surface area contributed by atoms with E-state index in [4.69, 9.17) is 5.11 Å². The lowest BCUT2D eigenvalue weighted by atomic mass is 9.67. The monoisotopic (exact) mass is 589 g/mol. The van der Waals surface area contributed by atoms with Gasteiger partial charge >= 0.3 is 18.4 Å².